The van der Waals surface area contributed by atoms with Crippen LogP contribution in [-0.4, -0.2) is 17.3 Å². The van der Waals surface area contributed by atoms with Gasteiger partial charge in [0, 0.05) is 17.3 Å². The van der Waals surface area contributed by atoms with Crippen LogP contribution in [0.4, 0.5) is 5.69 Å². The van der Waals surface area contributed by atoms with E-state index in [2.05, 4.69) is 10.6 Å². The SMILES string of the molecule is CCOc1cccc(NC(=S)NC2(C3CC3)CCCC2)c1. The standard InChI is InChI=1S/C17H24N2OS/c1-2-20-15-7-5-6-14(12-15)18-16(21)19-17(13-8-9-13)10-3-4-11-17/h5-7,12-13H,2-4,8-11H2,1H3,(H2,18,19,21). The quantitative estimate of drug-likeness (QED) is 0.803. The fraction of sp³-hybridized carbons (Fsp3) is 0.588. The van der Waals surface area contributed by atoms with Gasteiger partial charge in [0.15, 0.2) is 5.11 Å². The molecule has 0 aliphatic heterocycles. The zero-order chi connectivity index (χ0) is 14.7. The lowest BCUT2D eigenvalue weighted by Gasteiger charge is -2.32. The molecule has 3 nitrogen and oxygen atoms in total. The van der Waals surface area contributed by atoms with Crippen LogP contribution in [0, 0.1) is 5.92 Å². The fourth-order valence-electron chi connectivity index (χ4n) is 3.50. The Bertz CT molecular complexity index is 507. The van der Waals surface area contributed by atoms with Crippen LogP contribution in [0.15, 0.2) is 24.3 Å². The van der Waals surface area contributed by atoms with Gasteiger partial charge in [-0.25, -0.2) is 0 Å². The lowest BCUT2D eigenvalue weighted by atomic mass is 9.91. The van der Waals surface area contributed by atoms with Crippen molar-refractivity contribution < 1.29 is 4.74 Å². The second-order valence-corrected chi connectivity index (χ2v) is 6.59. The molecular weight excluding hydrogens is 280 g/mol. The van der Waals surface area contributed by atoms with E-state index < -0.39 is 0 Å². The van der Waals surface area contributed by atoms with Gasteiger partial charge in [0.1, 0.15) is 5.75 Å². The lowest BCUT2D eigenvalue weighted by Crippen LogP contribution is -2.49. The van der Waals surface area contributed by atoms with Crippen LogP contribution < -0.4 is 15.4 Å². The molecule has 0 heterocycles. The van der Waals surface area contributed by atoms with E-state index in [9.17, 15) is 0 Å². The summed E-state index contributed by atoms with van der Waals surface area (Å²) in [6.07, 6.45) is 7.89. The van der Waals surface area contributed by atoms with Crippen LogP contribution in [-0.2, 0) is 0 Å². The summed E-state index contributed by atoms with van der Waals surface area (Å²) in [5.74, 6) is 1.71. The van der Waals surface area contributed by atoms with E-state index in [-0.39, 0.29) is 5.54 Å². The third kappa shape index (κ3) is 3.49. The maximum atomic E-state index is 5.54. The molecule has 1 aromatic rings. The van der Waals surface area contributed by atoms with Gasteiger partial charge in [-0.1, -0.05) is 18.9 Å². The first kappa shape index (κ1) is 14.6. The number of anilines is 1. The van der Waals surface area contributed by atoms with Gasteiger partial charge in [-0.3, -0.25) is 0 Å². The molecule has 0 unspecified atom stereocenters. The van der Waals surface area contributed by atoms with Gasteiger partial charge in [-0.15, -0.1) is 0 Å². The average molecular weight is 304 g/mol. The zero-order valence-corrected chi connectivity index (χ0v) is 13.5. The number of thiocarbonyl (C=S) groups is 1. The molecule has 2 saturated carbocycles. The van der Waals surface area contributed by atoms with E-state index in [1.807, 2.05) is 31.2 Å². The second kappa shape index (κ2) is 6.22. The number of ether oxygens (including phenoxy) is 1. The summed E-state index contributed by atoms with van der Waals surface area (Å²) in [4.78, 5) is 0. The van der Waals surface area contributed by atoms with Crippen LogP contribution in [0.5, 0.6) is 5.75 Å². The van der Waals surface area contributed by atoms with Crippen molar-refractivity contribution >= 4 is 23.0 Å². The van der Waals surface area contributed by atoms with Gasteiger partial charge in [0.25, 0.3) is 0 Å². The minimum Gasteiger partial charge on any atom is -0.494 e. The molecule has 21 heavy (non-hydrogen) atoms. The van der Waals surface area contributed by atoms with E-state index in [0.717, 1.165) is 22.5 Å². The van der Waals surface area contributed by atoms with Gasteiger partial charge in [0.2, 0.25) is 0 Å². The van der Waals surface area contributed by atoms with Crippen molar-refractivity contribution in [3.05, 3.63) is 24.3 Å². The van der Waals surface area contributed by atoms with E-state index in [0.29, 0.717) is 6.61 Å². The van der Waals surface area contributed by atoms with Crippen LogP contribution in [0.3, 0.4) is 0 Å². The highest BCUT2D eigenvalue weighted by Gasteiger charge is 2.47. The normalized spacial score (nSPS) is 20.0. The van der Waals surface area contributed by atoms with Gasteiger partial charge in [-0.05, 0) is 62.9 Å². The van der Waals surface area contributed by atoms with Crippen molar-refractivity contribution in [2.24, 2.45) is 5.92 Å². The minimum atomic E-state index is 0.265. The Morgan fingerprint density at radius 3 is 2.76 bits per heavy atom. The number of benzene rings is 1. The molecule has 114 valence electrons. The maximum absolute atomic E-state index is 5.54. The first-order valence-electron chi connectivity index (χ1n) is 8.04. The van der Waals surface area contributed by atoms with Crippen LogP contribution >= 0.6 is 12.2 Å². The topological polar surface area (TPSA) is 33.3 Å². The number of rotatable bonds is 5. The van der Waals surface area contributed by atoms with Crippen molar-refractivity contribution in [1.29, 1.82) is 0 Å². The molecule has 0 radical (unpaired) electrons. The van der Waals surface area contributed by atoms with Crippen molar-refractivity contribution in [3.8, 4) is 5.75 Å². The number of nitrogens with one attached hydrogen (secondary N) is 2. The summed E-state index contributed by atoms with van der Waals surface area (Å²) in [5.41, 5.74) is 1.25. The van der Waals surface area contributed by atoms with Crippen LogP contribution in [0.1, 0.15) is 45.4 Å². The molecule has 0 spiro atoms. The molecule has 0 aromatic heterocycles. The van der Waals surface area contributed by atoms with Crippen LogP contribution in [0.25, 0.3) is 0 Å². The summed E-state index contributed by atoms with van der Waals surface area (Å²) in [6.45, 7) is 2.67. The number of hydrogen-bond donors (Lipinski definition) is 2. The van der Waals surface area contributed by atoms with Gasteiger partial charge >= 0.3 is 0 Å². The van der Waals surface area contributed by atoms with Gasteiger partial charge in [-0.2, -0.15) is 0 Å². The Morgan fingerprint density at radius 1 is 1.33 bits per heavy atom. The maximum Gasteiger partial charge on any atom is 0.171 e. The predicted octanol–water partition coefficient (Wildman–Crippen LogP) is 4.09. The highest BCUT2D eigenvalue weighted by Crippen LogP contribution is 2.48. The van der Waals surface area contributed by atoms with E-state index in [1.165, 1.54) is 38.5 Å². The van der Waals surface area contributed by atoms with Gasteiger partial charge < -0.3 is 15.4 Å². The predicted molar refractivity (Wildman–Crippen MR) is 90.9 cm³/mol. The highest BCUT2D eigenvalue weighted by atomic mass is 32.1. The first-order valence-corrected chi connectivity index (χ1v) is 8.45. The Balaban J connectivity index is 1.62. The molecule has 2 N–H and O–H groups in total. The Labute approximate surface area is 132 Å². The number of hydrogen-bond acceptors (Lipinski definition) is 2. The summed E-state index contributed by atoms with van der Waals surface area (Å²) >= 11 is 5.54. The largest absolute Gasteiger partial charge is 0.494 e. The summed E-state index contributed by atoms with van der Waals surface area (Å²) in [7, 11) is 0. The molecule has 3 rings (SSSR count). The van der Waals surface area contributed by atoms with Crippen molar-refractivity contribution in [1.82, 2.24) is 5.32 Å². The summed E-state index contributed by atoms with van der Waals surface area (Å²) in [5, 5.41) is 7.70. The summed E-state index contributed by atoms with van der Waals surface area (Å²) < 4.78 is 5.53. The van der Waals surface area contributed by atoms with E-state index in [1.54, 1.807) is 0 Å². The highest BCUT2D eigenvalue weighted by molar-refractivity contribution is 7.80. The third-order valence-corrected chi connectivity index (χ3v) is 4.82. The molecule has 2 aliphatic carbocycles. The molecule has 2 aliphatic rings. The summed E-state index contributed by atoms with van der Waals surface area (Å²) in [6, 6.07) is 7.97. The van der Waals surface area contributed by atoms with Crippen molar-refractivity contribution in [3.63, 3.8) is 0 Å². The first-order chi connectivity index (χ1) is 10.2. The smallest absolute Gasteiger partial charge is 0.171 e. The molecule has 2 fully saturated rings. The molecule has 0 atom stereocenters. The lowest BCUT2D eigenvalue weighted by molar-refractivity contribution is 0.339. The minimum absolute atomic E-state index is 0.265. The zero-order valence-electron chi connectivity index (χ0n) is 12.7. The average Bonchev–Trinajstić information content (AvgIpc) is 3.22. The fourth-order valence-corrected chi connectivity index (χ4v) is 3.82. The Hall–Kier alpha value is -1.29. The molecule has 4 heteroatoms. The molecule has 1 aromatic carbocycles. The Kier molecular flexibility index (Phi) is 4.34. The molecule has 0 amide bonds. The molecular formula is C17H24N2OS. The van der Waals surface area contributed by atoms with E-state index in [4.69, 9.17) is 17.0 Å². The Morgan fingerprint density at radius 2 is 2.10 bits per heavy atom. The second-order valence-electron chi connectivity index (χ2n) is 6.18. The van der Waals surface area contributed by atoms with Gasteiger partial charge in [0.05, 0.1) is 6.61 Å². The van der Waals surface area contributed by atoms with Crippen molar-refractivity contribution in [2.75, 3.05) is 11.9 Å². The van der Waals surface area contributed by atoms with Crippen LogP contribution in [0.2, 0.25) is 0 Å². The monoisotopic (exact) mass is 304 g/mol. The third-order valence-electron chi connectivity index (χ3n) is 4.62. The molecule has 0 saturated heterocycles. The van der Waals surface area contributed by atoms with Crippen molar-refractivity contribution in [2.45, 2.75) is 51.0 Å². The molecule has 0 bridgehead atoms. The van der Waals surface area contributed by atoms with E-state index >= 15 is 0 Å².